The minimum absolute atomic E-state index is 0.125. The van der Waals surface area contributed by atoms with Gasteiger partial charge in [0.05, 0.1) is 5.41 Å². The van der Waals surface area contributed by atoms with Gasteiger partial charge in [-0.25, -0.2) is 0 Å². The largest absolute Gasteiger partial charge is 0.481 e. The van der Waals surface area contributed by atoms with Crippen LogP contribution in [0.15, 0.2) is 0 Å². The highest BCUT2D eigenvalue weighted by Crippen LogP contribution is 2.43. The molecule has 5 nitrogen and oxygen atoms in total. The van der Waals surface area contributed by atoms with Gasteiger partial charge in [-0.2, -0.15) is 0 Å². The van der Waals surface area contributed by atoms with Crippen LogP contribution >= 0.6 is 0 Å². The molecule has 1 saturated carbocycles. The zero-order valence-electron chi connectivity index (χ0n) is 13.9. The summed E-state index contributed by atoms with van der Waals surface area (Å²) >= 11 is 0. The predicted molar refractivity (Wildman–Crippen MR) is 83.7 cm³/mol. The molecule has 0 bridgehead atoms. The third-order valence-corrected chi connectivity index (χ3v) is 4.45. The van der Waals surface area contributed by atoms with Gasteiger partial charge in [0.25, 0.3) is 6.47 Å². The summed E-state index contributed by atoms with van der Waals surface area (Å²) in [5.41, 5.74) is -0.762. The first-order valence-electron chi connectivity index (χ1n) is 8.34. The lowest BCUT2D eigenvalue weighted by atomic mass is 9.87. The van der Waals surface area contributed by atoms with E-state index in [0.29, 0.717) is 19.5 Å². The number of unbranched alkanes of at least 4 members (excludes halogenated alkanes) is 3. The van der Waals surface area contributed by atoms with E-state index in [1.807, 2.05) is 0 Å². The van der Waals surface area contributed by atoms with E-state index in [1.165, 1.54) is 0 Å². The van der Waals surface area contributed by atoms with Gasteiger partial charge in [-0.1, -0.05) is 12.8 Å². The standard InChI is InChI=1S/C17H30O5/c1-16(2,15(19)20)8-5-7-13-21-12-6-3-4-9-17(10-11-17)22-14-18/h14H,3-13H2,1-2H3,(H,19,20). The summed E-state index contributed by atoms with van der Waals surface area (Å²) in [5.74, 6) is -0.736. The number of hydrogen-bond donors (Lipinski definition) is 1. The number of aliphatic carboxylic acids is 1. The van der Waals surface area contributed by atoms with Gasteiger partial charge in [0.1, 0.15) is 5.60 Å². The Morgan fingerprint density at radius 1 is 1.14 bits per heavy atom. The Morgan fingerprint density at radius 2 is 1.77 bits per heavy atom. The van der Waals surface area contributed by atoms with Gasteiger partial charge in [-0.3, -0.25) is 9.59 Å². The van der Waals surface area contributed by atoms with Crippen LogP contribution < -0.4 is 0 Å². The van der Waals surface area contributed by atoms with Crippen molar-refractivity contribution in [3.05, 3.63) is 0 Å². The summed E-state index contributed by atoms with van der Waals surface area (Å²) in [6.07, 6.45) is 8.65. The van der Waals surface area contributed by atoms with Crippen LogP contribution in [0.4, 0.5) is 0 Å². The summed E-state index contributed by atoms with van der Waals surface area (Å²) in [5, 5.41) is 9.00. The van der Waals surface area contributed by atoms with Crippen LogP contribution in [-0.2, 0) is 19.1 Å². The molecule has 0 aliphatic heterocycles. The molecule has 0 atom stereocenters. The predicted octanol–water partition coefficient (Wildman–Crippen LogP) is 3.55. The maximum absolute atomic E-state index is 10.9. The number of carboxylic acids is 1. The molecule has 0 amide bonds. The minimum atomic E-state index is -0.736. The molecule has 0 spiro atoms. The number of carbonyl (C=O) groups excluding carboxylic acids is 1. The number of carbonyl (C=O) groups is 2. The van der Waals surface area contributed by atoms with Crippen LogP contribution in [0.1, 0.15) is 71.6 Å². The Hall–Kier alpha value is -1.10. The normalized spacial score (nSPS) is 16.3. The van der Waals surface area contributed by atoms with Gasteiger partial charge >= 0.3 is 5.97 Å². The zero-order valence-corrected chi connectivity index (χ0v) is 13.9. The van der Waals surface area contributed by atoms with Crippen molar-refractivity contribution in [1.82, 2.24) is 0 Å². The van der Waals surface area contributed by atoms with E-state index in [2.05, 4.69) is 0 Å². The lowest BCUT2D eigenvalue weighted by Crippen LogP contribution is -2.23. The van der Waals surface area contributed by atoms with Crippen LogP contribution in [0.2, 0.25) is 0 Å². The second-order valence-electron chi connectivity index (χ2n) is 6.97. The summed E-state index contributed by atoms with van der Waals surface area (Å²) < 4.78 is 10.7. The lowest BCUT2D eigenvalue weighted by molar-refractivity contribution is -0.147. The molecular formula is C17H30O5. The number of rotatable bonds is 14. The molecule has 1 aliphatic carbocycles. The number of ether oxygens (including phenoxy) is 2. The second-order valence-corrected chi connectivity index (χ2v) is 6.97. The van der Waals surface area contributed by atoms with Crippen LogP contribution in [-0.4, -0.2) is 36.4 Å². The summed E-state index contributed by atoms with van der Waals surface area (Å²) in [6, 6.07) is 0. The molecule has 0 aromatic rings. The van der Waals surface area contributed by atoms with Crippen molar-refractivity contribution in [2.75, 3.05) is 13.2 Å². The van der Waals surface area contributed by atoms with Crippen molar-refractivity contribution in [1.29, 1.82) is 0 Å². The van der Waals surface area contributed by atoms with E-state index in [4.69, 9.17) is 14.6 Å². The smallest absolute Gasteiger partial charge is 0.309 e. The van der Waals surface area contributed by atoms with Gasteiger partial charge in [0.15, 0.2) is 0 Å². The Kier molecular flexibility index (Phi) is 7.87. The molecule has 1 aliphatic rings. The highest BCUT2D eigenvalue weighted by molar-refractivity contribution is 5.73. The molecule has 1 fully saturated rings. The molecule has 0 heterocycles. The second kappa shape index (κ2) is 9.13. The Balaban J connectivity index is 1.86. The number of carboxylic acid groups (broad SMARTS) is 1. The molecule has 1 N–H and O–H groups in total. The van der Waals surface area contributed by atoms with E-state index in [-0.39, 0.29) is 5.60 Å². The van der Waals surface area contributed by atoms with Crippen LogP contribution in [0.5, 0.6) is 0 Å². The molecule has 0 unspecified atom stereocenters. The fourth-order valence-electron chi connectivity index (χ4n) is 2.48. The van der Waals surface area contributed by atoms with Crippen molar-refractivity contribution in [3.8, 4) is 0 Å². The highest BCUT2D eigenvalue weighted by atomic mass is 16.5. The summed E-state index contributed by atoms with van der Waals surface area (Å²) in [7, 11) is 0. The highest BCUT2D eigenvalue weighted by Gasteiger charge is 2.44. The molecule has 0 saturated heterocycles. The van der Waals surface area contributed by atoms with Crippen molar-refractivity contribution in [2.24, 2.45) is 5.41 Å². The molecule has 5 heteroatoms. The first kappa shape index (κ1) is 18.9. The first-order valence-corrected chi connectivity index (χ1v) is 8.34. The average molecular weight is 314 g/mol. The van der Waals surface area contributed by atoms with Crippen LogP contribution in [0, 0.1) is 5.41 Å². The quantitative estimate of drug-likeness (QED) is 0.392. The van der Waals surface area contributed by atoms with E-state index in [9.17, 15) is 9.59 Å². The summed E-state index contributed by atoms with van der Waals surface area (Å²) in [6.45, 7) is 5.55. The first-order chi connectivity index (χ1) is 10.4. The maximum atomic E-state index is 10.9. The summed E-state index contributed by atoms with van der Waals surface area (Å²) in [4.78, 5) is 21.3. The fourth-order valence-corrected chi connectivity index (χ4v) is 2.48. The van der Waals surface area contributed by atoms with E-state index in [0.717, 1.165) is 58.0 Å². The van der Waals surface area contributed by atoms with E-state index >= 15 is 0 Å². The van der Waals surface area contributed by atoms with Crippen molar-refractivity contribution < 1.29 is 24.2 Å². The Morgan fingerprint density at radius 3 is 2.32 bits per heavy atom. The SMILES string of the molecule is CC(C)(CCCCOCCCCCC1(OC=O)CC1)C(=O)O. The van der Waals surface area contributed by atoms with Crippen molar-refractivity contribution >= 4 is 12.4 Å². The topological polar surface area (TPSA) is 72.8 Å². The third kappa shape index (κ3) is 7.25. The lowest BCUT2D eigenvalue weighted by Gasteiger charge is -2.18. The monoisotopic (exact) mass is 314 g/mol. The van der Waals surface area contributed by atoms with Gasteiger partial charge in [0.2, 0.25) is 0 Å². The van der Waals surface area contributed by atoms with Crippen molar-refractivity contribution in [3.63, 3.8) is 0 Å². The fraction of sp³-hybridized carbons (Fsp3) is 0.882. The third-order valence-electron chi connectivity index (χ3n) is 4.45. The zero-order chi connectivity index (χ0) is 16.5. The van der Waals surface area contributed by atoms with Gasteiger partial charge < -0.3 is 14.6 Å². The number of hydrogen-bond acceptors (Lipinski definition) is 4. The molecule has 128 valence electrons. The van der Waals surface area contributed by atoms with Crippen LogP contribution in [0.25, 0.3) is 0 Å². The maximum Gasteiger partial charge on any atom is 0.309 e. The van der Waals surface area contributed by atoms with Gasteiger partial charge in [-0.05, 0) is 58.8 Å². The van der Waals surface area contributed by atoms with Gasteiger partial charge in [0, 0.05) is 13.2 Å². The Labute approximate surface area is 133 Å². The van der Waals surface area contributed by atoms with Crippen molar-refractivity contribution in [2.45, 2.75) is 77.2 Å². The van der Waals surface area contributed by atoms with Crippen LogP contribution in [0.3, 0.4) is 0 Å². The molecule has 0 aromatic carbocycles. The molecule has 0 radical (unpaired) electrons. The van der Waals surface area contributed by atoms with Gasteiger partial charge in [-0.15, -0.1) is 0 Å². The molecule has 0 aromatic heterocycles. The molecular weight excluding hydrogens is 284 g/mol. The minimum Gasteiger partial charge on any atom is -0.481 e. The molecule has 1 rings (SSSR count). The van der Waals surface area contributed by atoms with E-state index < -0.39 is 11.4 Å². The average Bonchev–Trinajstić information content (AvgIpc) is 3.21. The Bertz CT molecular complexity index is 347. The van der Waals surface area contributed by atoms with E-state index in [1.54, 1.807) is 13.8 Å². The molecule has 22 heavy (non-hydrogen) atoms.